The molecule has 2 N–H and O–H groups in total. The van der Waals surface area contributed by atoms with Gasteiger partial charge < -0.3 is 20.3 Å². The summed E-state index contributed by atoms with van der Waals surface area (Å²) in [5.74, 6) is 0.0376. The molecule has 6 nitrogen and oxygen atoms in total. The Balaban J connectivity index is 1.47. The quantitative estimate of drug-likeness (QED) is 0.880. The van der Waals surface area contributed by atoms with E-state index in [4.69, 9.17) is 4.74 Å². The highest BCUT2D eigenvalue weighted by atomic mass is 16.5. The number of hydrogen-bond donors (Lipinski definition) is 2. The zero-order valence-electron chi connectivity index (χ0n) is 12.5. The highest BCUT2D eigenvalue weighted by Gasteiger charge is 2.31. The number of hydrogen-bond acceptors (Lipinski definition) is 3. The minimum absolute atomic E-state index is 0.0376. The SMILES string of the molecule is O=C(NC[C@H]1CCCO1)N[C@@H]1CC(=O)N(c2ccccc2)C1. The molecule has 0 spiro atoms. The van der Waals surface area contributed by atoms with Crippen molar-refractivity contribution >= 4 is 17.6 Å². The van der Waals surface area contributed by atoms with Gasteiger partial charge in [-0.15, -0.1) is 0 Å². The fourth-order valence-electron chi connectivity index (χ4n) is 2.91. The van der Waals surface area contributed by atoms with Crippen molar-refractivity contribution in [2.24, 2.45) is 0 Å². The van der Waals surface area contributed by atoms with Crippen molar-refractivity contribution in [1.82, 2.24) is 10.6 Å². The second kappa shape index (κ2) is 6.79. The maximum absolute atomic E-state index is 12.1. The minimum Gasteiger partial charge on any atom is -0.376 e. The number of benzene rings is 1. The lowest BCUT2D eigenvalue weighted by atomic mass is 10.2. The van der Waals surface area contributed by atoms with Gasteiger partial charge in [-0.1, -0.05) is 18.2 Å². The van der Waals surface area contributed by atoms with E-state index in [0.717, 1.165) is 25.1 Å². The highest BCUT2D eigenvalue weighted by molar-refractivity contribution is 5.96. The maximum Gasteiger partial charge on any atom is 0.315 e. The lowest BCUT2D eigenvalue weighted by Gasteiger charge is -2.18. The molecule has 2 heterocycles. The first-order chi connectivity index (χ1) is 10.7. The summed E-state index contributed by atoms with van der Waals surface area (Å²) in [6, 6.07) is 9.13. The van der Waals surface area contributed by atoms with E-state index in [9.17, 15) is 9.59 Å². The standard InChI is InChI=1S/C16H21N3O3/c20-15-9-12(11-19(15)13-5-2-1-3-6-13)18-16(21)17-10-14-7-4-8-22-14/h1-3,5-6,12,14H,4,7-11H2,(H2,17,18,21)/t12-,14-/m1/s1. The molecule has 0 unspecified atom stereocenters. The van der Waals surface area contributed by atoms with E-state index >= 15 is 0 Å². The Kier molecular flexibility index (Phi) is 4.58. The Labute approximate surface area is 129 Å². The molecule has 2 atom stereocenters. The first-order valence-corrected chi connectivity index (χ1v) is 7.74. The number of urea groups is 1. The number of nitrogens with one attached hydrogen (secondary N) is 2. The number of rotatable bonds is 4. The zero-order chi connectivity index (χ0) is 15.4. The number of nitrogens with zero attached hydrogens (tertiary/aromatic N) is 1. The average Bonchev–Trinajstić information content (AvgIpc) is 3.16. The van der Waals surface area contributed by atoms with Crippen molar-refractivity contribution in [3.63, 3.8) is 0 Å². The van der Waals surface area contributed by atoms with E-state index in [1.165, 1.54) is 0 Å². The molecule has 2 saturated heterocycles. The topological polar surface area (TPSA) is 70.7 Å². The van der Waals surface area contributed by atoms with Crippen LogP contribution in [0.3, 0.4) is 0 Å². The number of anilines is 1. The van der Waals surface area contributed by atoms with Crippen molar-refractivity contribution in [2.45, 2.75) is 31.4 Å². The summed E-state index contributed by atoms with van der Waals surface area (Å²) in [7, 11) is 0. The van der Waals surface area contributed by atoms with Gasteiger partial charge in [0.2, 0.25) is 5.91 Å². The van der Waals surface area contributed by atoms with Crippen LogP contribution in [0.5, 0.6) is 0 Å². The fourth-order valence-corrected chi connectivity index (χ4v) is 2.91. The van der Waals surface area contributed by atoms with Crippen LogP contribution >= 0.6 is 0 Å². The Morgan fingerprint density at radius 1 is 1.32 bits per heavy atom. The van der Waals surface area contributed by atoms with Gasteiger partial charge in [-0.2, -0.15) is 0 Å². The molecule has 0 saturated carbocycles. The van der Waals surface area contributed by atoms with Gasteiger partial charge in [0.15, 0.2) is 0 Å². The normalized spacial score (nSPS) is 24.5. The first kappa shape index (κ1) is 14.8. The third-order valence-electron chi connectivity index (χ3n) is 4.04. The van der Waals surface area contributed by atoms with E-state index < -0.39 is 0 Å². The van der Waals surface area contributed by atoms with Crippen molar-refractivity contribution in [2.75, 3.05) is 24.6 Å². The van der Waals surface area contributed by atoms with Gasteiger partial charge in [0.1, 0.15) is 0 Å². The molecule has 0 bridgehead atoms. The fraction of sp³-hybridized carbons (Fsp3) is 0.500. The third-order valence-corrected chi connectivity index (χ3v) is 4.04. The molecular formula is C16H21N3O3. The highest BCUT2D eigenvalue weighted by Crippen LogP contribution is 2.20. The second-order valence-electron chi connectivity index (χ2n) is 5.73. The lowest BCUT2D eigenvalue weighted by molar-refractivity contribution is -0.117. The molecule has 2 aliphatic heterocycles. The molecule has 2 fully saturated rings. The third kappa shape index (κ3) is 3.57. The number of para-hydroxylation sites is 1. The summed E-state index contributed by atoms with van der Waals surface area (Å²) in [6.45, 7) is 1.81. The molecule has 0 aromatic heterocycles. The maximum atomic E-state index is 12.1. The summed E-state index contributed by atoms with van der Waals surface area (Å²) in [5, 5.41) is 5.68. The second-order valence-corrected chi connectivity index (χ2v) is 5.73. The molecule has 6 heteroatoms. The van der Waals surface area contributed by atoms with Crippen LogP contribution in [0.1, 0.15) is 19.3 Å². The van der Waals surface area contributed by atoms with Crippen LogP contribution in [0.2, 0.25) is 0 Å². The van der Waals surface area contributed by atoms with Gasteiger partial charge in [0.25, 0.3) is 0 Å². The van der Waals surface area contributed by atoms with Crippen molar-refractivity contribution in [1.29, 1.82) is 0 Å². The summed E-state index contributed by atoms with van der Waals surface area (Å²) < 4.78 is 5.46. The molecule has 0 radical (unpaired) electrons. The molecule has 1 aromatic rings. The van der Waals surface area contributed by atoms with E-state index in [1.807, 2.05) is 30.3 Å². The minimum atomic E-state index is -0.233. The molecule has 3 rings (SSSR count). The predicted molar refractivity (Wildman–Crippen MR) is 82.7 cm³/mol. The predicted octanol–water partition coefficient (Wildman–Crippen LogP) is 1.27. The first-order valence-electron chi connectivity index (χ1n) is 7.74. The van der Waals surface area contributed by atoms with Crippen LogP contribution < -0.4 is 15.5 Å². The van der Waals surface area contributed by atoms with Crippen LogP contribution in [-0.2, 0) is 9.53 Å². The van der Waals surface area contributed by atoms with Gasteiger partial charge in [-0.25, -0.2) is 4.79 Å². The van der Waals surface area contributed by atoms with Crippen LogP contribution in [-0.4, -0.2) is 43.8 Å². The molecular weight excluding hydrogens is 282 g/mol. The number of carbonyl (C=O) groups excluding carboxylic acids is 2. The van der Waals surface area contributed by atoms with Crippen molar-refractivity contribution < 1.29 is 14.3 Å². The lowest BCUT2D eigenvalue weighted by Crippen LogP contribution is -2.45. The smallest absolute Gasteiger partial charge is 0.315 e. The molecule has 0 aliphatic carbocycles. The average molecular weight is 303 g/mol. The van der Waals surface area contributed by atoms with Gasteiger partial charge in [0.05, 0.1) is 12.1 Å². The van der Waals surface area contributed by atoms with E-state index in [2.05, 4.69) is 10.6 Å². The van der Waals surface area contributed by atoms with Gasteiger partial charge in [0, 0.05) is 31.8 Å². The monoisotopic (exact) mass is 303 g/mol. The number of carbonyl (C=O) groups is 2. The summed E-state index contributed by atoms with van der Waals surface area (Å²) in [4.78, 5) is 25.7. The Morgan fingerprint density at radius 3 is 2.86 bits per heavy atom. The van der Waals surface area contributed by atoms with E-state index in [1.54, 1.807) is 4.90 Å². The van der Waals surface area contributed by atoms with Crippen LogP contribution in [0.15, 0.2) is 30.3 Å². The number of ether oxygens (including phenoxy) is 1. The molecule has 118 valence electrons. The number of amides is 3. The molecule has 1 aromatic carbocycles. The Bertz CT molecular complexity index is 529. The van der Waals surface area contributed by atoms with Crippen LogP contribution in [0.4, 0.5) is 10.5 Å². The molecule has 2 aliphatic rings. The molecule has 3 amide bonds. The van der Waals surface area contributed by atoms with Crippen molar-refractivity contribution in [3.8, 4) is 0 Å². The van der Waals surface area contributed by atoms with Crippen molar-refractivity contribution in [3.05, 3.63) is 30.3 Å². The Hall–Kier alpha value is -2.08. The van der Waals surface area contributed by atoms with E-state index in [0.29, 0.717) is 19.5 Å². The Morgan fingerprint density at radius 2 is 2.14 bits per heavy atom. The zero-order valence-corrected chi connectivity index (χ0v) is 12.5. The summed E-state index contributed by atoms with van der Waals surface area (Å²) >= 11 is 0. The van der Waals surface area contributed by atoms with Gasteiger partial charge in [-0.3, -0.25) is 4.79 Å². The molecule has 22 heavy (non-hydrogen) atoms. The van der Waals surface area contributed by atoms with E-state index in [-0.39, 0.29) is 24.1 Å². The largest absolute Gasteiger partial charge is 0.376 e. The van der Waals surface area contributed by atoms with Crippen LogP contribution in [0.25, 0.3) is 0 Å². The van der Waals surface area contributed by atoms with Crippen LogP contribution in [0, 0.1) is 0 Å². The van der Waals surface area contributed by atoms with Gasteiger partial charge in [-0.05, 0) is 25.0 Å². The van der Waals surface area contributed by atoms with Gasteiger partial charge >= 0.3 is 6.03 Å². The summed E-state index contributed by atoms with van der Waals surface area (Å²) in [5.41, 5.74) is 0.872. The summed E-state index contributed by atoms with van der Waals surface area (Å²) in [6.07, 6.45) is 2.50.